The molecule has 0 radical (unpaired) electrons. The van der Waals surface area contributed by atoms with Crippen molar-refractivity contribution in [1.82, 2.24) is 15.2 Å². The predicted octanol–water partition coefficient (Wildman–Crippen LogP) is 4.90. The zero-order chi connectivity index (χ0) is 29.7. The lowest BCUT2D eigenvalue weighted by Crippen LogP contribution is -2.55. The molecule has 2 aromatic carbocycles. The van der Waals surface area contributed by atoms with Gasteiger partial charge in [-0.15, -0.1) is 11.8 Å². The molecule has 1 saturated heterocycles. The number of carbonyl (C=O) groups excluding carboxylic acids is 1. The molecule has 0 bridgehead atoms. The molecule has 2 aliphatic heterocycles. The van der Waals surface area contributed by atoms with Crippen LogP contribution in [0.25, 0.3) is 10.2 Å². The number of thioether (sulfide) groups is 1. The van der Waals surface area contributed by atoms with E-state index < -0.39 is 6.10 Å². The number of aromatic nitrogens is 1. The number of benzene rings is 2. The Kier molecular flexibility index (Phi) is 10.1. The molecule has 3 heterocycles. The van der Waals surface area contributed by atoms with Gasteiger partial charge in [0.2, 0.25) is 5.91 Å². The second-order valence-electron chi connectivity index (χ2n) is 11.3. The number of fused-ring (bicyclic) bond motifs is 1. The van der Waals surface area contributed by atoms with E-state index in [1.165, 1.54) is 22.1 Å². The van der Waals surface area contributed by atoms with Crippen molar-refractivity contribution in [2.24, 2.45) is 0 Å². The molecule has 1 amide bonds. The van der Waals surface area contributed by atoms with E-state index in [0.717, 1.165) is 49.9 Å². The molecule has 3 atom stereocenters. The number of rotatable bonds is 12. The molecule has 0 spiro atoms. The van der Waals surface area contributed by atoms with Crippen LogP contribution in [0.3, 0.4) is 0 Å². The molecule has 226 valence electrons. The number of nitrogens with zero attached hydrogens (tertiary/aromatic N) is 1. The molecule has 2 unspecified atom stereocenters. The van der Waals surface area contributed by atoms with Crippen LogP contribution in [0.2, 0.25) is 0 Å². The molecule has 0 saturated carbocycles. The number of aryl methyl sites for hydroxylation is 1. The highest BCUT2D eigenvalue weighted by atomic mass is 32.2. The molecule has 1 aromatic heterocycles. The van der Waals surface area contributed by atoms with Gasteiger partial charge in [-0.25, -0.2) is 0 Å². The fraction of sp³-hybridized carbons (Fsp3) is 0.500. The molecule has 0 aliphatic carbocycles. The summed E-state index contributed by atoms with van der Waals surface area (Å²) in [7, 11) is 0. The van der Waals surface area contributed by atoms with Gasteiger partial charge >= 0.3 is 4.87 Å². The van der Waals surface area contributed by atoms with E-state index in [-0.39, 0.29) is 27.4 Å². The maximum atomic E-state index is 13.1. The van der Waals surface area contributed by atoms with E-state index in [0.29, 0.717) is 48.6 Å². The maximum Gasteiger partial charge on any atom is 0.305 e. The maximum absolute atomic E-state index is 13.1. The highest BCUT2D eigenvalue weighted by Crippen LogP contribution is 2.35. The van der Waals surface area contributed by atoms with Gasteiger partial charge in [-0.2, -0.15) is 0 Å². The highest BCUT2D eigenvalue weighted by molar-refractivity contribution is 8.04. The number of aromatic hydroxyl groups is 1. The van der Waals surface area contributed by atoms with Crippen molar-refractivity contribution in [3.05, 3.63) is 73.7 Å². The third-order valence-corrected chi connectivity index (χ3v) is 10.5. The number of H-pyrrole nitrogens is 1. The van der Waals surface area contributed by atoms with Crippen LogP contribution in [0.15, 0.2) is 52.2 Å². The van der Waals surface area contributed by atoms with Crippen LogP contribution in [-0.4, -0.2) is 69.6 Å². The first-order valence-corrected chi connectivity index (χ1v) is 16.5. The summed E-state index contributed by atoms with van der Waals surface area (Å²) >= 11 is 2.69. The lowest BCUT2D eigenvalue weighted by molar-refractivity contribution is -0.152. The van der Waals surface area contributed by atoms with Crippen molar-refractivity contribution in [2.75, 3.05) is 32.8 Å². The first-order chi connectivity index (χ1) is 20.3. The Hall–Kier alpha value is -2.63. The fourth-order valence-corrected chi connectivity index (χ4v) is 7.96. The van der Waals surface area contributed by atoms with Gasteiger partial charge in [0.15, 0.2) is 0 Å². The van der Waals surface area contributed by atoms with Crippen LogP contribution < -0.4 is 10.2 Å². The Morgan fingerprint density at radius 1 is 1.26 bits per heavy atom. The zero-order valence-corrected chi connectivity index (χ0v) is 26.0. The van der Waals surface area contributed by atoms with Gasteiger partial charge in [-0.3, -0.25) is 9.59 Å². The van der Waals surface area contributed by atoms with Crippen LogP contribution in [0.5, 0.6) is 5.75 Å². The molecule has 8 nitrogen and oxygen atoms in total. The summed E-state index contributed by atoms with van der Waals surface area (Å²) < 4.78 is 6.90. The highest BCUT2D eigenvalue weighted by Gasteiger charge is 2.38. The number of morpholine rings is 1. The number of aliphatic hydroxyl groups excluding tert-OH is 1. The Bertz CT molecular complexity index is 1480. The summed E-state index contributed by atoms with van der Waals surface area (Å²) in [5.41, 5.74) is 3.26. The van der Waals surface area contributed by atoms with E-state index in [2.05, 4.69) is 54.5 Å². The smallest absolute Gasteiger partial charge is 0.305 e. The second-order valence-corrected chi connectivity index (χ2v) is 13.8. The number of nitrogens with one attached hydrogen (secondary N) is 2. The number of hydrogen-bond acceptors (Lipinski definition) is 8. The third kappa shape index (κ3) is 7.29. The number of carbonyl (C=O) groups is 1. The van der Waals surface area contributed by atoms with Gasteiger partial charge in [0.05, 0.1) is 28.3 Å². The molecule has 3 aromatic rings. The number of allylic oxidation sites excluding steroid dienone is 2. The number of hydrogen-bond donors (Lipinski definition) is 4. The summed E-state index contributed by atoms with van der Waals surface area (Å²) in [6.07, 6.45) is 6.80. The van der Waals surface area contributed by atoms with Crippen molar-refractivity contribution < 1.29 is 19.7 Å². The lowest BCUT2D eigenvalue weighted by Gasteiger charge is -2.43. The standard InChI is InChI=1S/C32H41N3O5S2/c1-3-32(20-35(16-17-40-32)30(38)27-12-9-21(2)41-27)14-5-8-22-6-4-7-23(18-22)13-15-33-19-26(37)24-10-11-25(36)28-29(24)42-31(39)34-28/h4,6-7,9-11,18,26-27,33,36-37H,3,5,8,12-17,19-20H2,1-2H3,(H,34,39)/t26-,27?,32?/m0/s1. The quantitative estimate of drug-likeness (QED) is 0.216. The first-order valence-electron chi connectivity index (χ1n) is 14.8. The lowest BCUT2D eigenvalue weighted by atomic mass is 9.90. The second kappa shape index (κ2) is 13.8. The van der Waals surface area contributed by atoms with Crippen molar-refractivity contribution >= 4 is 39.2 Å². The summed E-state index contributed by atoms with van der Waals surface area (Å²) in [5, 5.41) is 24.1. The molecular weight excluding hydrogens is 571 g/mol. The number of amides is 1. The molecule has 5 rings (SSSR count). The fourth-order valence-electron chi connectivity index (χ4n) is 5.96. The van der Waals surface area contributed by atoms with Crippen molar-refractivity contribution in [3.63, 3.8) is 0 Å². The molecule has 10 heteroatoms. The van der Waals surface area contributed by atoms with Crippen LogP contribution in [-0.2, 0) is 22.4 Å². The predicted molar refractivity (Wildman–Crippen MR) is 170 cm³/mol. The molecule has 42 heavy (non-hydrogen) atoms. The van der Waals surface area contributed by atoms with Gasteiger partial charge in [-0.05, 0) is 74.1 Å². The SMILES string of the molecule is CCC1(CCCc2cccc(CCNC[C@H](O)c3ccc(O)c4[nH]c(=O)sc34)c2)CN(C(=O)C2CC=C(C)S2)CCO1. The largest absolute Gasteiger partial charge is 0.506 e. The Morgan fingerprint density at radius 2 is 2.07 bits per heavy atom. The monoisotopic (exact) mass is 611 g/mol. The van der Waals surface area contributed by atoms with E-state index in [4.69, 9.17) is 4.74 Å². The Balaban J connectivity index is 1.08. The average Bonchev–Trinajstić information content (AvgIpc) is 3.61. The summed E-state index contributed by atoms with van der Waals surface area (Å²) in [4.78, 5) is 30.6. The zero-order valence-electron chi connectivity index (χ0n) is 24.4. The van der Waals surface area contributed by atoms with Crippen molar-refractivity contribution in [2.45, 2.75) is 69.3 Å². The number of aliphatic hydroxyl groups is 1. The van der Waals surface area contributed by atoms with Crippen LogP contribution in [0, 0.1) is 0 Å². The number of ether oxygens (including phenoxy) is 1. The summed E-state index contributed by atoms with van der Waals surface area (Å²) in [5.74, 6) is 0.257. The van der Waals surface area contributed by atoms with Crippen molar-refractivity contribution in [3.8, 4) is 5.75 Å². The van der Waals surface area contributed by atoms with E-state index >= 15 is 0 Å². The normalized spacial score (nSPS) is 21.5. The number of thiazole rings is 1. The summed E-state index contributed by atoms with van der Waals surface area (Å²) in [6.45, 7) is 7.25. The third-order valence-electron chi connectivity index (χ3n) is 8.39. The van der Waals surface area contributed by atoms with E-state index in [9.17, 15) is 19.8 Å². The first kappa shape index (κ1) is 30.8. The van der Waals surface area contributed by atoms with Gasteiger partial charge in [0.25, 0.3) is 0 Å². The number of phenols is 1. The van der Waals surface area contributed by atoms with Gasteiger partial charge in [0, 0.05) is 25.2 Å². The minimum atomic E-state index is -0.789. The Morgan fingerprint density at radius 3 is 2.83 bits per heavy atom. The van der Waals surface area contributed by atoms with Gasteiger partial charge < -0.3 is 30.2 Å². The van der Waals surface area contributed by atoms with Gasteiger partial charge in [0.1, 0.15) is 11.3 Å². The van der Waals surface area contributed by atoms with E-state index in [1.54, 1.807) is 17.8 Å². The number of phenolic OH excluding ortho intramolecular Hbond substituents is 1. The Labute approximate surface area is 255 Å². The summed E-state index contributed by atoms with van der Waals surface area (Å²) in [6, 6.07) is 11.8. The molecule has 4 N–H and O–H groups in total. The molecule has 1 fully saturated rings. The van der Waals surface area contributed by atoms with Crippen LogP contribution in [0.1, 0.15) is 62.3 Å². The van der Waals surface area contributed by atoms with E-state index in [1.807, 2.05) is 4.90 Å². The molecular formula is C32H41N3O5S2. The molecule has 2 aliphatic rings. The van der Waals surface area contributed by atoms with Gasteiger partial charge in [-0.1, -0.05) is 54.7 Å². The topological polar surface area (TPSA) is 115 Å². The minimum Gasteiger partial charge on any atom is -0.506 e. The van der Waals surface area contributed by atoms with Crippen LogP contribution >= 0.6 is 23.1 Å². The average molecular weight is 612 g/mol. The number of aromatic amines is 1. The van der Waals surface area contributed by atoms with Crippen molar-refractivity contribution in [1.29, 1.82) is 0 Å². The minimum absolute atomic E-state index is 0.00619. The van der Waals surface area contributed by atoms with Crippen LogP contribution in [0.4, 0.5) is 0 Å².